The van der Waals surface area contributed by atoms with Crippen LogP contribution in [-0.2, 0) is 13.1 Å². The van der Waals surface area contributed by atoms with Crippen molar-refractivity contribution in [2.45, 2.75) is 20.0 Å². The van der Waals surface area contributed by atoms with Gasteiger partial charge in [0.25, 0.3) is 0 Å². The van der Waals surface area contributed by atoms with Crippen molar-refractivity contribution in [3.8, 4) is 0 Å². The van der Waals surface area contributed by atoms with Crippen LogP contribution in [0.4, 0.5) is 4.39 Å². The van der Waals surface area contributed by atoms with E-state index < -0.39 is 0 Å². The lowest BCUT2D eigenvalue weighted by molar-refractivity contribution is 0.624. The van der Waals surface area contributed by atoms with Gasteiger partial charge in [0, 0.05) is 24.7 Å². The van der Waals surface area contributed by atoms with Gasteiger partial charge in [-0.25, -0.2) is 9.37 Å². The van der Waals surface area contributed by atoms with Gasteiger partial charge in [-0.2, -0.15) is 0 Å². The summed E-state index contributed by atoms with van der Waals surface area (Å²) in [6, 6.07) is 6.51. The molecular formula is C14H17FN4S. The minimum absolute atomic E-state index is 0.229. The average Bonchev–Trinajstić information content (AvgIpc) is 2.85. The predicted molar refractivity (Wildman–Crippen MR) is 80.3 cm³/mol. The van der Waals surface area contributed by atoms with Gasteiger partial charge in [-0.1, -0.05) is 12.1 Å². The van der Waals surface area contributed by atoms with Crippen LogP contribution in [-0.4, -0.2) is 18.0 Å². The van der Waals surface area contributed by atoms with E-state index in [2.05, 4.69) is 20.6 Å². The Bertz CT molecular complexity index is 594. The Labute approximate surface area is 121 Å². The van der Waals surface area contributed by atoms with Gasteiger partial charge in [-0.15, -0.1) is 11.3 Å². The molecule has 6 heteroatoms. The Hall–Kier alpha value is -1.95. The number of nitrogens with one attached hydrogen (secondary N) is 2. The zero-order chi connectivity index (χ0) is 14.4. The second kappa shape index (κ2) is 7.00. The summed E-state index contributed by atoms with van der Waals surface area (Å²) in [5.41, 5.74) is 0.876. The molecule has 20 heavy (non-hydrogen) atoms. The van der Waals surface area contributed by atoms with Crippen LogP contribution in [0, 0.1) is 12.7 Å². The summed E-state index contributed by atoms with van der Waals surface area (Å²) in [7, 11) is 1.71. The summed E-state index contributed by atoms with van der Waals surface area (Å²) in [5, 5.41) is 7.39. The number of hydrogen-bond donors (Lipinski definition) is 2. The number of thiazole rings is 1. The van der Waals surface area contributed by atoms with Crippen molar-refractivity contribution >= 4 is 17.3 Å². The molecule has 2 N–H and O–H groups in total. The van der Waals surface area contributed by atoms with Crippen LogP contribution in [0.1, 0.15) is 15.4 Å². The zero-order valence-corrected chi connectivity index (χ0v) is 12.3. The third kappa shape index (κ3) is 4.31. The van der Waals surface area contributed by atoms with E-state index in [1.165, 1.54) is 12.1 Å². The molecule has 0 aliphatic heterocycles. The number of nitrogens with zero attached hydrogens (tertiary/aromatic N) is 2. The summed E-state index contributed by atoms with van der Waals surface area (Å²) in [6.45, 7) is 3.18. The molecule has 2 rings (SSSR count). The van der Waals surface area contributed by atoms with Crippen molar-refractivity contribution in [2.75, 3.05) is 7.05 Å². The lowest BCUT2D eigenvalue weighted by atomic mass is 10.2. The highest BCUT2D eigenvalue weighted by Crippen LogP contribution is 2.10. The third-order valence-electron chi connectivity index (χ3n) is 2.67. The fraction of sp³-hybridized carbons (Fsp3) is 0.286. The van der Waals surface area contributed by atoms with Crippen molar-refractivity contribution in [1.29, 1.82) is 0 Å². The van der Waals surface area contributed by atoms with Gasteiger partial charge in [0.2, 0.25) is 0 Å². The smallest absolute Gasteiger partial charge is 0.191 e. The number of aromatic nitrogens is 1. The van der Waals surface area contributed by atoms with E-state index >= 15 is 0 Å². The number of aryl methyl sites for hydroxylation is 1. The average molecular weight is 292 g/mol. The summed E-state index contributed by atoms with van der Waals surface area (Å²) >= 11 is 1.65. The van der Waals surface area contributed by atoms with Crippen molar-refractivity contribution in [3.63, 3.8) is 0 Å². The lowest BCUT2D eigenvalue weighted by Crippen LogP contribution is -2.36. The molecule has 0 radical (unpaired) electrons. The van der Waals surface area contributed by atoms with Crippen molar-refractivity contribution in [1.82, 2.24) is 15.6 Å². The molecule has 0 aliphatic rings. The van der Waals surface area contributed by atoms with E-state index in [4.69, 9.17) is 0 Å². The molecule has 0 saturated carbocycles. The molecule has 4 nitrogen and oxygen atoms in total. The van der Waals surface area contributed by atoms with Gasteiger partial charge in [0.1, 0.15) is 5.82 Å². The van der Waals surface area contributed by atoms with Gasteiger partial charge < -0.3 is 10.6 Å². The molecule has 106 valence electrons. The molecule has 0 spiro atoms. The highest BCUT2D eigenvalue weighted by Gasteiger charge is 2.02. The van der Waals surface area contributed by atoms with Crippen molar-refractivity contribution < 1.29 is 4.39 Å². The normalized spacial score (nSPS) is 11.4. The van der Waals surface area contributed by atoms with Gasteiger partial charge in [0.05, 0.1) is 11.6 Å². The largest absolute Gasteiger partial charge is 0.352 e. The first-order chi connectivity index (χ1) is 9.67. The van der Waals surface area contributed by atoms with Crippen molar-refractivity contribution in [3.05, 3.63) is 51.7 Å². The Morgan fingerprint density at radius 1 is 1.35 bits per heavy atom. The van der Waals surface area contributed by atoms with Gasteiger partial charge in [-0.3, -0.25) is 4.99 Å². The van der Waals surface area contributed by atoms with Crippen LogP contribution < -0.4 is 10.6 Å². The van der Waals surface area contributed by atoms with E-state index in [0.717, 1.165) is 15.4 Å². The van der Waals surface area contributed by atoms with Crippen molar-refractivity contribution in [2.24, 2.45) is 4.99 Å². The van der Waals surface area contributed by atoms with Crippen LogP contribution in [0.2, 0.25) is 0 Å². The molecule has 0 unspecified atom stereocenters. The minimum atomic E-state index is -0.229. The molecule has 0 bridgehead atoms. The Kier molecular flexibility index (Phi) is 5.06. The third-order valence-corrected chi connectivity index (χ3v) is 3.58. The maximum atomic E-state index is 13.1. The lowest BCUT2D eigenvalue weighted by Gasteiger charge is -2.11. The molecule has 1 heterocycles. The minimum Gasteiger partial charge on any atom is -0.352 e. The fourth-order valence-corrected chi connectivity index (χ4v) is 2.45. The highest BCUT2D eigenvalue weighted by atomic mass is 32.1. The van der Waals surface area contributed by atoms with Gasteiger partial charge >= 0.3 is 0 Å². The topological polar surface area (TPSA) is 49.3 Å². The first-order valence-electron chi connectivity index (χ1n) is 6.27. The van der Waals surface area contributed by atoms with Crippen LogP contribution in [0.15, 0.2) is 35.5 Å². The van der Waals surface area contributed by atoms with E-state index in [1.807, 2.05) is 19.2 Å². The quantitative estimate of drug-likeness (QED) is 0.672. The molecule has 0 atom stereocenters. The maximum absolute atomic E-state index is 13.1. The summed E-state index contributed by atoms with van der Waals surface area (Å²) in [6.07, 6.45) is 1.85. The van der Waals surface area contributed by atoms with Crippen LogP contribution in [0.3, 0.4) is 0 Å². The summed E-state index contributed by atoms with van der Waals surface area (Å²) in [4.78, 5) is 9.48. The molecule has 0 saturated heterocycles. The Balaban J connectivity index is 1.84. The van der Waals surface area contributed by atoms with Crippen LogP contribution >= 0.6 is 11.3 Å². The Morgan fingerprint density at radius 3 is 2.80 bits per heavy atom. The summed E-state index contributed by atoms with van der Waals surface area (Å²) in [5.74, 6) is 0.452. The van der Waals surface area contributed by atoms with Gasteiger partial charge in [0.15, 0.2) is 5.96 Å². The molecular weight excluding hydrogens is 275 g/mol. The second-order valence-corrected chi connectivity index (χ2v) is 5.57. The standard InChI is InChI=1S/C14H17FN4S/c1-10-17-8-13(20-10)9-19-14(16-2)18-7-11-4-3-5-12(15)6-11/h3-6,8H,7,9H2,1-2H3,(H2,16,18,19). The highest BCUT2D eigenvalue weighted by molar-refractivity contribution is 7.11. The predicted octanol–water partition coefficient (Wildman–Crippen LogP) is 2.46. The molecule has 0 fully saturated rings. The molecule has 1 aromatic heterocycles. The second-order valence-electron chi connectivity index (χ2n) is 4.25. The number of guanidine groups is 1. The number of rotatable bonds is 4. The fourth-order valence-electron chi connectivity index (χ4n) is 1.71. The molecule has 2 aromatic rings. The number of aliphatic imine (C=N–C) groups is 1. The zero-order valence-electron chi connectivity index (χ0n) is 11.5. The van der Waals surface area contributed by atoms with Crippen LogP contribution in [0.5, 0.6) is 0 Å². The monoisotopic (exact) mass is 292 g/mol. The number of hydrogen-bond acceptors (Lipinski definition) is 3. The van der Waals surface area contributed by atoms with Crippen LogP contribution in [0.25, 0.3) is 0 Å². The first kappa shape index (κ1) is 14.5. The summed E-state index contributed by atoms with van der Waals surface area (Å²) < 4.78 is 13.1. The number of benzene rings is 1. The molecule has 0 aliphatic carbocycles. The first-order valence-corrected chi connectivity index (χ1v) is 7.09. The van der Waals surface area contributed by atoms with E-state index in [9.17, 15) is 4.39 Å². The molecule has 1 aromatic carbocycles. The Morgan fingerprint density at radius 2 is 2.15 bits per heavy atom. The van der Waals surface area contributed by atoms with E-state index in [-0.39, 0.29) is 5.82 Å². The van der Waals surface area contributed by atoms with E-state index in [0.29, 0.717) is 19.0 Å². The number of halogens is 1. The molecule has 0 amide bonds. The maximum Gasteiger partial charge on any atom is 0.191 e. The SMILES string of the molecule is CN=C(NCc1cccc(F)c1)NCc1cnc(C)s1. The van der Waals surface area contributed by atoms with E-state index in [1.54, 1.807) is 24.5 Å². The van der Waals surface area contributed by atoms with Gasteiger partial charge in [-0.05, 0) is 24.6 Å².